The number of rotatable bonds is 4. The monoisotopic (exact) mass is 583 g/mol. The number of fused-ring (bicyclic) bond motifs is 5. The third-order valence-corrected chi connectivity index (χ3v) is 8.22. The van der Waals surface area contributed by atoms with E-state index in [4.69, 9.17) is 15.4 Å². The van der Waals surface area contributed by atoms with Crippen molar-refractivity contribution in [2.24, 2.45) is 0 Å². The lowest BCUT2D eigenvalue weighted by molar-refractivity contribution is 0.669. The molecule has 0 aliphatic rings. The van der Waals surface area contributed by atoms with Crippen molar-refractivity contribution in [1.82, 2.24) is 0 Å². The van der Waals surface area contributed by atoms with E-state index in [1.165, 1.54) is 0 Å². The zero-order valence-electron chi connectivity index (χ0n) is 34.7. The standard InChI is InChI=1S/C44H28O/c1-3-13-29(14-4-1)31-23-25-34-35-26-24-32(28-42(35)45-41(34)27-31)43-37-19-9-11-21-39(37)44(40-22-12-10-20-38(40)43)36-18-8-7-17-33(36)30-15-5-2-6-16-30/h1-28H/i1D,3D,4D,13D,14D,23D,24D,25D,26D,27D,28D. The highest BCUT2D eigenvalue weighted by atomic mass is 16.3. The summed E-state index contributed by atoms with van der Waals surface area (Å²) in [7, 11) is 0. The normalized spacial score (nSPS) is 15.0. The maximum Gasteiger partial charge on any atom is 0.136 e. The highest BCUT2D eigenvalue weighted by Gasteiger charge is 2.19. The van der Waals surface area contributed by atoms with Crippen molar-refractivity contribution in [3.63, 3.8) is 0 Å². The number of hydrogen-bond acceptors (Lipinski definition) is 1. The summed E-state index contributed by atoms with van der Waals surface area (Å²) < 4.78 is 103. The Balaban J connectivity index is 1.38. The first kappa shape index (κ1) is 16.8. The van der Waals surface area contributed by atoms with Gasteiger partial charge in [-0.2, -0.15) is 0 Å². The zero-order chi connectivity index (χ0) is 39.3. The molecule has 0 fully saturated rings. The van der Waals surface area contributed by atoms with E-state index in [1.54, 1.807) is 0 Å². The van der Waals surface area contributed by atoms with Gasteiger partial charge in [0, 0.05) is 10.8 Å². The van der Waals surface area contributed by atoms with Crippen LogP contribution in [0.25, 0.3) is 88.0 Å². The lowest BCUT2D eigenvalue weighted by atomic mass is 9.84. The molecule has 0 aliphatic carbocycles. The van der Waals surface area contributed by atoms with Crippen LogP contribution in [-0.2, 0) is 0 Å². The molecule has 0 amide bonds. The molecule has 1 heterocycles. The van der Waals surface area contributed by atoms with Crippen LogP contribution in [0.3, 0.4) is 0 Å². The van der Waals surface area contributed by atoms with Crippen LogP contribution < -0.4 is 0 Å². The molecule has 1 aromatic heterocycles. The van der Waals surface area contributed by atoms with Gasteiger partial charge in [0.15, 0.2) is 0 Å². The van der Waals surface area contributed by atoms with Gasteiger partial charge in [0.1, 0.15) is 11.2 Å². The fourth-order valence-corrected chi connectivity index (χ4v) is 6.27. The van der Waals surface area contributed by atoms with E-state index in [9.17, 15) is 4.11 Å². The van der Waals surface area contributed by atoms with Crippen molar-refractivity contribution in [1.29, 1.82) is 0 Å². The number of furan rings is 1. The Labute approximate surface area is 277 Å². The quantitative estimate of drug-likeness (QED) is 0.188. The molecule has 1 heteroatoms. The molecule has 0 spiro atoms. The molecule has 0 bridgehead atoms. The third-order valence-electron chi connectivity index (χ3n) is 8.22. The molecule has 0 radical (unpaired) electrons. The SMILES string of the molecule is [2H]c1c([2H])c([2H])c(-c2c([2H])c([2H])c3c(oc4c([2H])c(-c5c6ccccc6c(-c6ccccc6-c6ccccc6)c6ccccc56)c([2H])c([2H])c43)c2[2H])c([2H])c1[2H]. The Morgan fingerprint density at radius 1 is 0.356 bits per heavy atom. The molecule has 9 aromatic rings. The van der Waals surface area contributed by atoms with Crippen LogP contribution in [0.15, 0.2) is 174 Å². The van der Waals surface area contributed by atoms with E-state index in [1.807, 2.05) is 78.9 Å². The molecule has 45 heavy (non-hydrogen) atoms. The van der Waals surface area contributed by atoms with Crippen molar-refractivity contribution >= 4 is 43.5 Å². The first-order chi connectivity index (χ1) is 26.9. The van der Waals surface area contributed by atoms with Gasteiger partial charge in [-0.15, -0.1) is 0 Å². The number of benzene rings is 8. The van der Waals surface area contributed by atoms with E-state index >= 15 is 0 Å². The largest absolute Gasteiger partial charge is 0.456 e. The maximum absolute atomic E-state index is 9.63. The molecular formula is C44H28O. The molecule has 0 atom stereocenters. The van der Waals surface area contributed by atoms with E-state index in [2.05, 4.69) is 24.3 Å². The summed E-state index contributed by atoms with van der Waals surface area (Å²) in [4.78, 5) is 0. The highest BCUT2D eigenvalue weighted by molar-refractivity contribution is 6.23. The molecule has 0 aliphatic heterocycles. The molecule has 8 aromatic carbocycles. The minimum Gasteiger partial charge on any atom is -0.456 e. The summed E-state index contributed by atoms with van der Waals surface area (Å²) >= 11 is 0. The van der Waals surface area contributed by atoms with Crippen LogP contribution in [0.1, 0.15) is 15.1 Å². The van der Waals surface area contributed by atoms with E-state index in [-0.39, 0.29) is 45.6 Å². The molecule has 210 valence electrons. The van der Waals surface area contributed by atoms with Gasteiger partial charge in [-0.05, 0) is 90.2 Å². The van der Waals surface area contributed by atoms with Crippen molar-refractivity contribution in [3.8, 4) is 44.5 Å². The topological polar surface area (TPSA) is 13.1 Å². The fraction of sp³-hybridized carbons (Fsp3) is 0. The van der Waals surface area contributed by atoms with Crippen LogP contribution in [-0.4, -0.2) is 0 Å². The Bertz CT molecular complexity index is 3070. The molecular weight excluding hydrogens is 544 g/mol. The Morgan fingerprint density at radius 3 is 1.51 bits per heavy atom. The molecule has 0 saturated carbocycles. The summed E-state index contributed by atoms with van der Waals surface area (Å²) in [6.07, 6.45) is 0. The maximum atomic E-state index is 9.63. The lowest BCUT2D eigenvalue weighted by Gasteiger charge is -2.19. The van der Waals surface area contributed by atoms with Crippen molar-refractivity contribution < 1.29 is 19.5 Å². The van der Waals surface area contributed by atoms with Gasteiger partial charge in [0.2, 0.25) is 0 Å². The predicted octanol–water partition coefficient (Wildman–Crippen LogP) is 12.6. The van der Waals surface area contributed by atoms with Gasteiger partial charge < -0.3 is 4.42 Å². The zero-order valence-corrected chi connectivity index (χ0v) is 23.7. The molecule has 1 nitrogen and oxygen atoms in total. The van der Waals surface area contributed by atoms with Gasteiger partial charge in [-0.3, -0.25) is 0 Å². The van der Waals surface area contributed by atoms with Crippen LogP contribution in [0, 0.1) is 0 Å². The average molecular weight is 584 g/mol. The molecule has 0 saturated heterocycles. The smallest absolute Gasteiger partial charge is 0.136 e. The number of hydrogen-bond donors (Lipinski definition) is 0. The van der Waals surface area contributed by atoms with Gasteiger partial charge in [-0.1, -0.05) is 145 Å². The summed E-state index contributed by atoms with van der Waals surface area (Å²) in [5, 5.41) is 2.99. The summed E-state index contributed by atoms with van der Waals surface area (Å²) in [6.45, 7) is 0. The van der Waals surface area contributed by atoms with Gasteiger partial charge >= 0.3 is 0 Å². The molecule has 0 N–H and O–H groups in total. The Kier molecular flexibility index (Phi) is 3.87. The van der Waals surface area contributed by atoms with Crippen LogP contribution in [0.2, 0.25) is 0 Å². The second kappa shape index (κ2) is 10.4. The Hall–Kier alpha value is -5.92. The summed E-state index contributed by atoms with van der Waals surface area (Å²) in [5.41, 5.74) is 3.43. The van der Waals surface area contributed by atoms with Crippen LogP contribution >= 0.6 is 0 Å². The van der Waals surface area contributed by atoms with Gasteiger partial charge in [-0.25, -0.2) is 0 Å². The summed E-state index contributed by atoms with van der Waals surface area (Å²) in [5.74, 6) is 0. The average Bonchev–Trinajstić information content (AvgIpc) is 3.64. The first-order valence-corrected chi connectivity index (χ1v) is 14.6. The van der Waals surface area contributed by atoms with E-state index in [0.717, 1.165) is 43.8 Å². The predicted molar refractivity (Wildman–Crippen MR) is 190 cm³/mol. The van der Waals surface area contributed by atoms with Crippen molar-refractivity contribution in [2.75, 3.05) is 0 Å². The first-order valence-electron chi connectivity index (χ1n) is 20.1. The van der Waals surface area contributed by atoms with E-state index < -0.39 is 59.5 Å². The minimum atomic E-state index is -0.657. The van der Waals surface area contributed by atoms with Gasteiger partial charge in [0.05, 0.1) is 15.1 Å². The molecule has 9 rings (SSSR count). The van der Waals surface area contributed by atoms with E-state index in [0.29, 0.717) is 5.56 Å². The molecule has 0 unspecified atom stereocenters. The second-order valence-corrected chi connectivity index (χ2v) is 10.8. The highest BCUT2D eigenvalue weighted by Crippen LogP contribution is 2.46. The Morgan fingerprint density at radius 2 is 0.867 bits per heavy atom. The van der Waals surface area contributed by atoms with Crippen molar-refractivity contribution in [2.45, 2.75) is 0 Å². The summed E-state index contributed by atoms with van der Waals surface area (Å²) in [6, 6.07) is 28.0. The van der Waals surface area contributed by atoms with Crippen LogP contribution in [0.4, 0.5) is 0 Å². The lowest BCUT2D eigenvalue weighted by Crippen LogP contribution is -1.92. The van der Waals surface area contributed by atoms with Gasteiger partial charge in [0.25, 0.3) is 0 Å². The van der Waals surface area contributed by atoms with Crippen molar-refractivity contribution in [3.05, 3.63) is 170 Å². The second-order valence-electron chi connectivity index (χ2n) is 10.8. The fourth-order valence-electron chi connectivity index (χ4n) is 6.27. The minimum absolute atomic E-state index is 0.0830. The van der Waals surface area contributed by atoms with Crippen LogP contribution in [0.5, 0.6) is 0 Å². The third kappa shape index (κ3) is 4.17.